The van der Waals surface area contributed by atoms with E-state index in [9.17, 15) is 23.4 Å². The molecule has 0 atom stereocenters. The molecule has 8 nitrogen and oxygen atoms in total. The van der Waals surface area contributed by atoms with E-state index in [0.717, 1.165) is 55.8 Å². The Bertz CT molecular complexity index is 1010. The lowest BCUT2D eigenvalue weighted by Crippen LogP contribution is -2.36. The number of phenols is 2. The molecule has 2 heterocycles. The van der Waals surface area contributed by atoms with E-state index < -0.39 is 12.1 Å². The molecule has 0 amide bonds. The van der Waals surface area contributed by atoms with Crippen LogP contribution in [0.1, 0.15) is 36.9 Å². The van der Waals surface area contributed by atoms with Gasteiger partial charge in [-0.3, -0.25) is 10.00 Å². The number of carbonyl (C=O) groups is 1. The summed E-state index contributed by atoms with van der Waals surface area (Å²) in [5.74, 6) is -2.19. The van der Waals surface area contributed by atoms with Gasteiger partial charge in [0, 0.05) is 56.1 Å². The van der Waals surface area contributed by atoms with E-state index in [1.807, 2.05) is 7.11 Å². The number of ether oxygens (including phenoxy) is 1. The van der Waals surface area contributed by atoms with Gasteiger partial charge in [-0.1, -0.05) is 11.6 Å². The number of carboxylic acid groups (broad SMARTS) is 1. The van der Waals surface area contributed by atoms with E-state index in [1.165, 1.54) is 18.9 Å². The van der Waals surface area contributed by atoms with Crippen LogP contribution in [0.15, 0.2) is 12.1 Å². The van der Waals surface area contributed by atoms with E-state index >= 15 is 0 Å². The first-order valence-electron chi connectivity index (χ1n) is 10.8. The van der Waals surface area contributed by atoms with E-state index in [1.54, 1.807) is 6.07 Å². The van der Waals surface area contributed by atoms with Gasteiger partial charge >= 0.3 is 12.1 Å². The standard InChI is InChI=1S/C20H26ClN3O3.C2HF3O2/c1-27-13-4-2-12(3-5-13)10-24-7-6-17-15(11-24)20(23-22-17)14-8-16(21)19(26)9-18(14)25;3-2(4,5)1(6)7/h8-9,12-13,25-26H,2-7,10-11H2,1H3,(H,22,23);(H,6,7). The molecule has 1 saturated carbocycles. The van der Waals surface area contributed by atoms with E-state index in [2.05, 4.69) is 15.1 Å². The summed E-state index contributed by atoms with van der Waals surface area (Å²) < 4.78 is 37.2. The lowest BCUT2D eigenvalue weighted by molar-refractivity contribution is -0.192. The number of nitrogens with zero attached hydrogens (tertiary/aromatic N) is 2. The molecular weight excluding hydrogens is 479 g/mol. The molecule has 34 heavy (non-hydrogen) atoms. The topological polar surface area (TPSA) is 119 Å². The summed E-state index contributed by atoms with van der Waals surface area (Å²) in [7, 11) is 1.81. The molecule has 0 spiro atoms. The van der Waals surface area contributed by atoms with Crippen LogP contribution in [0.4, 0.5) is 13.2 Å². The molecule has 1 aliphatic carbocycles. The molecule has 2 aliphatic rings. The molecule has 12 heteroatoms. The Kier molecular flexibility index (Phi) is 8.32. The van der Waals surface area contributed by atoms with Crippen molar-refractivity contribution < 1.29 is 38.0 Å². The fourth-order valence-corrected chi connectivity index (χ4v) is 4.55. The predicted molar refractivity (Wildman–Crippen MR) is 118 cm³/mol. The summed E-state index contributed by atoms with van der Waals surface area (Å²) in [6, 6.07) is 2.85. The minimum absolute atomic E-state index is 0.0128. The molecule has 1 aromatic heterocycles. The lowest BCUT2D eigenvalue weighted by Gasteiger charge is -2.34. The van der Waals surface area contributed by atoms with Crippen LogP contribution < -0.4 is 0 Å². The van der Waals surface area contributed by atoms with Gasteiger partial charge < -0.3 is 20.1 Å². The second-order valence-corrected chi connectivity index (χ2v) is 8.92. The maximum Gasteiger partial charge on any atom is 0.490 e. The first-order valence-corrected chi connectivity index (χ1v) is 11.2. The number of aromatic hydroxyl groups is 2. The summed E-state index contributed by atoms with van der Waals surface area (Å²) in [4.78, 5) is 11.4. The quantitative estimate of drug-likeness (QED) is 0.488. The average Bonchev–Trinajstić information content (AvgIpc) is 3.19. The van der Waals surface area contributed by atoms with Crippen LogP contribution in [0.25, 0.3) is 11.3 Å². The summed E-state index contributed by atoms with van der Waals surface area (Å²) in [6.45, 7) is 2.91. The minimum Gasteiger partial charge on any atom is -0.507 e. The third-order valence-electron chi connectivity index (χ3n) is 6.22. The van der Waals surface area contributed by atoms with Gasteiger partial charge in [-0.2, -0.15) is 18.3 Å². The van der Waals surface area contributed by atoms with Gasteiger partial charge in [-0.05, 0) is 37.7 Å². The molecule has 188 valence electrons. The molecule has 2 aromatic rings. The van der Waals surface area contributed by atoms with Crippen molar-refractivity contribution in [3.05, 3.63) is 28.4 Å². The van der Waals surface area contributed by atoms with Crippen LogP contribution >= 0.6 is 11.6 Å². The summed E-state index contributed by atoms with van der Waals surface area (Å²) in [5.41, 5.74) is 3.51. The Hall–Kier alpha value is -2.50. The number of phenolic OH excluding ortho intramolecular Hbond substituents is 2. The number of rotatable bonds is 4. The van der Waals surface area contributed by atoms with Crippen molar-refractivity contribution >= 4 is 17.6 Å². The number of methoxy groups -OCH3 is 1. The molecule has 1 aliphatic heterocycles. The maximum absolute atomic E-state index is 10.6. The SMILES string of the molecule is COC1CCC(CN2CCc3[nH]nc(-c4cc(Cl)c(O)cc4O)c3C2)CC1.O=C(O)C(F)(F)F. The number of hydrogen-bond donors (Lipinski definition) is 4. The molecule has 0 unspecified atom stereocenters. The lowest BCUT2D eigenvalue weighted by atomic mass is 9.86. The molecule has 0 saturated heterocycles. The third kappa shape index (κ3) is 6.34. The Morgan fingerprint density at radius 3 is 2.47 bits per heavy atom. The van der Waals surface area contributed by atoms with Crippen LogP contribution in [0.5, 0.6) is 11.5 Å². The third-order valence-corrected chi connectivity index (χ3v) is 6.52. The number of H-pyrrole nitrogens is 1. The zero-order valence-electron chi connectivity index (χ0n) is 18.5. The first-order chi connectivity index (χ1) is 16.0. The number of carboxylic acids is 1. The smallest absolute Gasteiger partial charge is 0.490 e. The summed E-state index contributed by atoms with van der Waals surface area (Å²) in [5, 5.41) is 34.8. The highest BCUT2D eigenvalue weighted by molar-refractivity contribution is 6.32. The van der Waals surface area contributed by atoms with Gasteiger partial charge in [-0.25, -0.2) is 4.79 Å². The molecule has 1 aromatic carbocycles. The van der Waals surface area contributed by atoms with Crippen molar-refractivity contribution in [1.29, 1.82) is 0 Å². The second-order valence-electron chi connectivity index (χ2n) is 8.52. The van der Waals surface area contributed by atoms with Gasteiger partial charge in [0.05, 0.1) is 11.1 Å². The van der Waals surface area contributed by atoms with Crippen molar-refractivity contribution in [3.63, 3.8) is 0 Å². The van der Waals surface area contributed by atoms with E-state index in [-0.39, 0.29) is 16.5 Å². The van der Waals surface area contributed by atoms with Crippen LogP contribution in [0.2, 0.25) is 5.02 Å². The number of aromatic nitrogens is 2. The van der Waals surface area contributed by atoms with Crippen LogP contribution in [-0.4, -0.2) is 68.9 Å². The van der Waals surface area contributed by atoms with Crippen LogP contribution in [-0.2, 0) is 22.5 Å². The van der Waals surface area contributed by atoms with Gasteiger partial charge in [0.15, 0.2) is 0 Å². The van der Waals surface area contributed by atoms with Crippen molar-refractivity contribution in [2.75, 3.05) is 20.2 Å². The van der Waals surface area contributed by atoms with Gasteiger partial charge in [0.2, 0.25) is 0 Å². The Balaban J connectivity index is 0.000000406. The van der Waals surface area contributed by atoms with Crippen molar-refractivity contribution in [2.45, 2.75) is 50.9 Å². The first kappa shape index (κ1) is 26.1. The van der Waals surface area contributed by atoms with Crippen molar-refractivity contribution in [1.82, 2.24) is 15.1 Å². The molecule has 4 rings (SSSR count). The maximum atomic E-state index is 10.6. The minimum atomic E-state index is -5.08. The number of aliphatic carboxylic acids is 1. The van der Waals surface area contributed by atoms with Crippen LogP contribution in [0.3, 0.4) is 0 Å². The van der Waals surface area contributed by atoms with Crippen molar-refractivity contribution in [2.24, 2.45) is 5.92 Å². The fourth-order valence-electron chi connectivity index (χ4n) is 4.39. The van der Waals surface area contributed by atoms with E-state index in [0.29, 0.717) is 17.6 Å². The normalized spacial score (nSPS) is 20.9. The molecule has 0 bridgehead atoms. The highest BCUT2D eigenvalue weighted by Gasteiger charge is 2.38. The number of aromatic amines is 1. The number of benzene rings is 1. The highest BCUT2D eigenvalue weighted by atomic mass is 35.5. The molecule has 4 N–H and O–H groups in total. The molecular formula is C22H27ClF3N3O5. The van der Waals surface area contributed by atoms with Crippen molar-refractivity contribution in [3.8, 4) is 22.8 Å². The van der Waals surface area contributed by atoms with Gasteiger partial charge in [-0.15, -0.1) is 0 Å². The predicted octanol–water partition coefficient (Wildman–Crippen LogP) is 4.34. The summed E-state index contributed by atoms with van der Waals surface area (Å²) in [6.07, 6.45) is 0.997. The fraction of sp³-hybridized carbons (Fsp3) is 0.545. The number of hydrogen-bond acceptors (Lipinski definition) is 6. The van der Waals surface area contributed by atoms with Gasteiger partial charge in [0.25, 0.3) is 0 Å². The van der Waals surface area contributed by atoms with Gasteiger partial charge in [0.1, 0.15) is 17.2 Å². The zero-order valence-corrected chi connectivity index (χ0v) is 19.3. The largest absolute Gasteiger partial charge is 0.507 e. The Morgan fingerprint density at radius 2 is 1.88 bits per heavy atom. The number of fused-ring (bicyclic) bond motifs is 1. The molecule has 0 radical (unpaired) electrons. The Morgan fingerprint density at radius 1 is 1.24 bits per heavy atom. The van der Waals surface area contributed by atoms with Crippen LogP contribution in [0, 0.1) is 5.92 Å². The zero-order chi connectivity index (χ0) is 25.0. The van der Waals surface area contributed by atoms with E-state index in [4.69, 9.17) is 26.2 Å². The summed E-state index contributed by atoms with van der Waals surface area (Å²) >= 11 is 6.05. The second kappa shape index (κ2) is 10.8. The number of halogens is 4. The Labute approximate surface area is 199 Å². The average molecular weight is 506 g/mol. The monoisotopic (exact) mass is 505 g/mol. The number of nitrogens with one attached hydrogen (secondary N) is 1. The number of alkyl halides is 3. The molecule has 1 fully saturated rings. The highest BCUT2D eigenvalue weighted by Crippen LogP contribution is 2.39.